The van der Waals surface area contributed by atoms with Crippen molar-refractivity contribution >= 4 is 0 Å². The van der Waals surface area contributed by atoms with Crippen LogP contribution in [0.25, 0.3) is 0 Å². The van der Waals surface area contributed by atoms with Crippen molar-refractivity contribution in [2.75, 3.05) is 0 Å². The van der Waals surface area contributed by atoms with E-state index >= 15 is 0 Å². The molecule has 13 heavy (non-hydrogen) atoms. The Bertz CT molecular complexity index is 272. The van der Waals surface area contributed by atoms with Gasteiger partial charge in [0.15, 0.2) is 0 Å². The Kier molecular flexibility index (Phi) is 2.46. The molecule has 0 amide bonds. The third kappa shape index (κ3) is 1.90. The Balaban J connectivity index is 3.08. The third-order valence-electron chi connectivity index (χ3n) is 2.64. The molecule has 0 saturated heterocycles. The first-order valence-corrected chi connectivity index (χ1v) is 4.42. The molecule has 0 aliphatic heterocycles. The summed E-state index contributed by atoms with van der Waals surface area (Å²) < 4.78 is 0. The SMILES string of the molecule is CC(C)(O)[C@@](C)(N)c1ccccc1. The van der Waals surface area contributed by atoms with Gasteiger partial charge < -0.3 is 10.8 Å². The molecule has 0 radical (unpaired) electrons. The zero-order valence-corrected chi connectivity index (χ0v) is 8.41. The van der Waals surface area contributed by atoms with Crippen molar-refractivity contribution in [3.63, 3.8) is 0 Å². The zero-order chi connectivity index (χ0) is 10.1. The van der Waals surface area contributed by atoms with Gasteiger partial charge in [0, 0.05) is 0 Å². The molecule has 0 aromatic heterocycles. The molecule has 0 bridgehead atoms. The average Bonchev–Trinajstić information content (AvgIpc) is 2.04. The van der Waals surface area contributed by atoms with E-state index in [-0.39, 0.29) is 0 Å². The third-order valence-corrected chi connectivity index (χ3v) is 2.64. The summed E-state index contributed by atoms with van der Waals surface area (Å²) in [4.78, 5) is 0. The van der Waals surface area contributed by atoms with Crippen LogP contribution in [0.15, 0.2) is 30.3 Å². The van der Waals surface area contributed by atoms with Crippen molar-refractivity contribution in [2.24, 2.45) is 5.73 Å². The molecule has 0 saturated carbocycles. The number of hydrogen-bond acceptors (Lipinski definition) is 2. The Morgan fingerprint density at radius 1 is 1.08 bits per heavy atom. The van der Waals surface area contributed by atoms with Gasteiger partial charge in [0.05, 0.1) is 11.1 Å². The van der Waals surface area contributed by atoms with Crippen LogP contribution in [-0.4, -0.2) is 10.7 Å². The summed E-state index contributed by atoms with van der Waals surface area (Å²) in [6, 6.07) is 9.64. The van der Waals surface area contributed by atoms with Crippen molar-refractivity contribution < 1.29 is 5.11 Å². The number of rotatable bonds is 2. The van der Waals surface area contributed by atoms with Gasteiger partial charge in [-0.2, -0.15) is 0 Å². The van der Waals surface area contributed by atoms with Crippen LogP contribution < -0.4 is 5.73 Å². The Morgan fingerprint density at radius 2 is 1.54 bits per heavy atom. The molecule has 0 spiro atoms. The number of nitrogens with two attached hydrogens (primary N) is 1. The number of aliphatic hydroxyl groups is 1. The molecule has 1 aromatic carbocycles. The van der Waals surface area contributed by atoms with Crippen molar-refractivity contribution in [3.8, 4) is 0 Å². The molecule has 0 fully saturated rings. The highest BCUT2D eigenvalue weighted by atomic mass is 16.3. The topological polar surface area (TPSA) is 46.2 Å². The Labute approximate surface area is 79.4 Å². The lowest BCUT2D eigenvalue weighted by Gasteiger charge is -2.37. The van der Waals surface area contributed by atoms with Gasteiger partial charge in [-0.05, 0) is 26.3 Å². The maximum Gasteiger partial charge on any atom is 0.0809 e. The molecular formula is C11H17NO. The van der Waals surface area contributed by atoms with Crippen molar-refractivity contribution in [1.82, 2.24) is 0 Å². The number of hydrogen-bond donors (Lipinski definition) is 2. The predicted octanol–water partition coefficient (Wildman–Crippen LogP) is 1.63. The van der Waals surface area contributed by atoms with Crippen molar-refractivity contribution in [2.45, 2.75) is 31.9 Å². The summed E-state index contributed by atoms with van der Waals surface area (Å²) in [5.41, 5.74) is 5.38. The first kappa shape index (κ1) is 10.2. The Hall–Kier alpha value is -0.860. The molecule has 1 aromatic rings. The van der Waals surface area contributed by atoms with Crippen LogP contribution in [0.3, 0.4) is 0 Å². The lowest BCUT2D eigenvalue weighted by atomic mass is 9.79. The van der Waals surface area contributed by atoms with E-state index in [1.54, 1.807) is 13.8 Å². The normalized spacial score (nSPS) is 16.7. The summed E-state index contributed by atoms with van der Waals surface area (Å²) in [7, 11) is 0. The minimum Gasteiger partial charge on any atom is -0.388 e. The predicted molar refractivity (Wildman–Crippen MR) is 54.3 cm³/mol. The standard InChI is InChI=1S/C11H17NO/c1-10(2,13)11(3,12)9-7-5-4-6-8-9/h4-8,13H,12H2,1-3H3/t11-/m0/s1. The maximum absolute atomic E-state index is 9.87. The molecule has 0 unspecified atom stereocenters. The summed E-state index contributed by atoms with van der Waals surface area (Å²) in [5, 5.41) is 9.87. The van der Waals surface area contributed by atoms with Gasteiger partial charge in [0.25, 0.3) is 0 Å². The molecular weight excluding hydrogens is 162 g/mol. The molecule has 0 aliphatic rings. The smallest absolute Gasteiger partial charge is 0.0809 e. The second-order valence-electron chi connectivity index (χ2n) is 4.13. The first-order valence-electron chi connectivity index (χ1n) is 4.42. The van der Waals surface area contributed by atoms with Crippen LogP contribution in [-0.2, 0) is 5.54 Å². The lowest BCUT2D eigenvalue weighted by Crippen LogP contribution is -2.52. The fourth-order valence-electron chi connectivity index (χ4n) is 1.14. The van der Waals surface area contributed by atoms with Crippen molar-refractivity contribution in [3.05, 3.63) is 35.9 Å². The van der Waals surface area contributed by atoms with Gasteiger partial charge >= 0.3 is 0 Å². The minimum absolute atomic E-state index is 0.714. The number of benzene rings is 1. The van der Waals surface area contributed by atoms with E-state index in [0.29, 0.717) is 0 Å². The van der Waals surface area contributed by atoms with Crippen LogP contribution in [0.5, 0.6) is 0 Å². The summed E-state index contributed by atoms with van der Waals surface area (Å²) in [5.74, 6) is 0. The maximum atomic E-state index is 9.87. The lowest BCUT2D eigenvalue weighted by molar-refractivity contribution is 0.00366. The molecule has 1 atom stereocenters. The fraction of sp³-hybridized carbons (Fsp3) is 0.455. The molecule has 0 heterocycles. The van der Waals surface area contributed by atoms with Crippen LogP contribution in [0, 0.1) is 0 Å². The molecule has 2 nitrogen and oxygen atoms in total. The average molecular weight is 179 g/mol. The minimum atomic E-state index is -0.922. The van der Waals surface area contributed by atoms with Crippen molar-refractivity contribution in [1.29, 1.82) is 0 Å². The van der Waals surface area contributed by atoms with Gasteiger partial charge in [-0.3, -0.25) is 0 Å². The van der Waals surface area contributed by atoms with Crippen LogP contribution in [0.4, 0.5) is 0 Å². The largest absolute Gasteiger partial charge is 0.388 e. The van der Waals surface area contributed by atoms with E-state index in [9.17, 15) is 5.11 Å². The van der Waals surface area contributed by atoms with Gasteiger partial charge in [-0.15, -0.1) is 0 Å². The fourth-order valence-corrected chi connectivity index (χ4v) is 1.14. The van der Waals surface area contributed by atoms with E-state index in [1.807, 2.05) is 37.3 Å². The van der Waals surface area contributed by atoms with E-state index in [1.165, 1.54) is 0 Å². The highest BCUT2D eigenvalue weighted by Gasteiger charge is 2.36. The zero-order valence-electron chi connectivity index (χ0n) is 8.41. The monoisotopic (exact) mass is 179 g/mol. The quantitative estimate of drug-likeness (QED) is 0.725. The molecule has 72 valence electrons. The second-order valence-corrected chi connectivity index (χ2v) is 4.13. The first-order chi connectivity index (χ1) is 5.86. The summed E-state index contributed by atoms with van der Waals surface area (Å²) in [6.45, 7) is 5.28. The highest BCUT2D eigenvalue weighted by Crippen LogP contribution is 2.29. The van der Waals surface area contributed by atoms with Gasteiger partial charge in [-0.25, -0.2) is 0 Å². The molecule has 3 N–H and O–H groups in total. The van der Waals surface area contributed by atoms with Gasteiger partial charge in [-0.1, -0.05) is 30.3 Å². The van der Waals surface area contributed by atoms with E-state index in [4.69, 9.17) is 5.73 Å². The Morgan fingerprint density at radius 3 is 1.92 bits per heavy atom. The van der Waals surface area contributed by atoms with E-state index in [0.717, 1.165) is 5.56 Å². The highest BCUT2D eigenvalue weighted by molar-refractivity contribution is 5.26. The summed E-state index contributed by atoms with van der Waals surface area (Å²) >= 11 is 0. The molecule has 2 heteroatoms. The van der Waals surface area contributed by atoms with E-state index < -0.39 is 11.1 Å². The molecule has 0 aliphatic carbocycles. The van der Waals surface area contributed by atoms with Crippen LogP contribution in [0.2, 0.25) is 0 Å². The van der Waals surface area contributed by atoms with Gasteiger partial charge in [0.2, 0.25) is 0 Å². The van der Waals surface area contributed by atoms with E-state index in [2.05, 4.69) is 0 Å². The second kappa shape index (κ2) is 3.13. The van der Waals surface area contributed by atoms with Crippen LogP contribution >= 0.6 is 0 Å². The van der Waals surface area contributed by atoms with Crippen LogP contribution in [0.1, 0.15) is 26.3 Å². The van der Waals surface area contributed by atoms with Gasteiger partial charge in [0.1, 0.15) is 0 Å². The molecule has 1 rings (SSSR count). The summed E-state index contributed by atoms with van der Waals surface area (Å²) in [6.07, 6.45) is 0.